The maximum absolute atomic E-state index is 14.8. The predicted octanol–water partition coefficient (Wildman–Crippen LogP) is 10.3. The molecule has 0 radical (unpaired) electrons. The third-order valence-electron chi connectivity index (χ3n) is 19.2. The number of anilines is 2. The number of aromatic nitrogens is 2. The quantitative estimate of drug-likeness (QED) is 0.0539. The molecule has 6 aliphatic carbocycles. The summed E-state index contributed by atoms with van der Waals surface area (Å²) in [6, 6.07) is 19.8. The Bertz CT molecular complexity index is 3180. The summed E-state index contributed by atoms with van der Waals surface area (Å²) in [5.74, 6) is 0.791. The number of methoxy groups -OCH3 is 1. The summed E-state index contributed by atoms with van der Waals surface area (Å²) in [6.07, 6.45) is 15.2. The fourth-order valence-electron chi connectivity index (χ4n) is 15.8. The average molecular weight is 1070 g/mol. The van der Waals surface area contributed by atoms with Gasteiger partial charge in [0.2, 0.25) is 0 Å². The van der Waals surface area contributed by atoms with Crippen LogP contribution in [0.5, 0.6) is 11.5 Å². The van der Waals surface area contributed by atoms with E-state index in [1.165, 1.54) is 86.3 Å². The second-order valence-electron chi connectivity index (χ2n) is 25.2. The van der Waals surface area contributed by atoms with Crippen molar-refractivity contribution in [2.24, 2.45) is 28.6 Å². The monoisotopic (exact) mass is 1070 g/mol. The maximum atomic E-state index is 14.8. The number of benzene rings is 3. The summed E-state index contributed by atoms with van der Waals surface area (Å²) in [5, 5.41) is 25.9. The summed E-state index contributed by atoms with van der Waals surface area (Å²) in [6.45, 7) is 12.7. The van der Waals surface area contributed by atoms with E-state index in [4.69, 9.17) is 9.47 Å². The van der Waals surface area contributed by atoms with Crippen LogP contribution in [0, 0.1) is 44.5 Å². The van der Waals surface area contributed by atoms with Crippen LogP contribution in [0.25, 0.3) is 11.0 Å². The number of aromatic amines is 1. The Hall–Kier alpha value is -5.66. The Morgan fingerprint density at radius 2 is 1.75 bits per heavy atom. The topological polar surface area (TPSA) is 195 Å². The van der Waals surface area contributed by atoms with Crippen molar-refractivity contribution in [2.45, 2.75) is 132 Å². The number of rotatable bonds is 16. The van der Waals surface area contributed by atoms with Crippen molar-refractivity contribution in [3.63, 3.8) is 0 Å². The summed E-state index contributed by atoms with van der Waals surface area (Å²) in [7, 11) is -2.69. The first-order valence-corrected chi connectivity index (χ1v) is 29.4. The van der Waals surface area contributed by atoms with E-state index in [1.54, 1.807) is 19.1 Å². The van der Waals surface area contributed by atoms with Crippen LogP contribution in [0.4, 0.5) is 21.5 Å². The zero-order chi connectivity index (χ0) is 53.6. The molecule has 5 aromatic rings. The van der Waals surface area contributed by atoms with E-state index in [0.29, 0.717) is 48.5 Å². The molecule has 4 bridgehead atoms. The van der Waals surface area contributed by atoms with E-state index in [2.05, 4.69) is 72.8 Å². The molecule has 1 amide bonds. The number of nitro benzene ring substituents is 1. The van der Waals surface area contributed by atoms with Gasteiger partial charge < -0.3 is 29.8 Å². The third kappa shape index (κ3) is 10.1. The standard InChI is InChI=1S/C59H73FN8O8S/c1-37(2)45-7-5-6-8-46(45)52-32-65(34-57-23-39-19-40(24-57)26-59(25-39,33-57)75-4)17-18-67(52)42-27-58(28-42)35-66(36-58)41-9-11-47(53(20-41)76-43-21-48-49(60)31-63-54(48)62-30-43)55(69)64-77(73,74)44-10-12-50(51(22-44)68(71)72)61-29-38-13-15-56(3,70)16-14-38/h5-12,20-22,30-31,37-40,42,52,61,70H,13-19,23-29,32-36H2,1-4H3,(H,62,63)(H,64,69)/t38-,39?,40?,52-,56-,57?,59?/m0/s1. The van der Waals surface area contributed by atoms with Gasteiger partial charge in [-0.2, -0.15) is 0 Å². The molecule has 16 nitrogen and oxygen atoms in total. The SMILES string of the molecule is COC12CC3CC(CC(CN4CCN(C5CC6(C5)CN(c5ccc(C(=O)NS(=O)(=O)c7ccc(NC[C@H]8CC[C@](C)(O)CC8)c([N+](=O)[O-])c7)c(Oc7cnc8[nH]cc(F)c8c7)c5)C6)[C@H](c5ccccc5C(C)C)C4)(C3)C1)C2. The molecule has 6 saturated carbocycles. The minimum atomic E-state index is -4.64. The molecular weight excluding hydrogens is 1000 g/mol. The van der Waals surface area contributed by atoms with E-state index >= 15 is 0 Å². The fraction of sp³-hybridized carbons (Fsp3) is 0.559. The van der Waals surface area contributed by atoms with E-state index < -0.39 is 42.9 Å². The molecule has 2 aliphatic heterocycles. The molecule has 3 atom stereocenters. The minimum Gasteiger partial charge on any atom is -0.455 e. The Labute approximate surface area is 450 Å². The fourth-order valence-corrected chi connectivity index (χ4v) is 16.8. The lowest BCUT2D eigenvalue weighted by molar-refractivity contribution is -0.384. The normalized spacial score (nSPS) is 29.2. The van der Waals surface area contributed by atoms with Crippen molar-refractivity contribution in [3.8, 4) is 11.5 Å². The van der Waals surface area contributed by atoms with Gasteiger partial charge in [0.1, 0.15) is 28.7 Å². The minimum absolute atomic E-state index is 0.0324. The molecule has 410 valence electrons. The van der Waals surface area contributed by atoms with Crippen molar-refractivity contribution < 1.29 is 37.1 Å². The van der Waals surface area contributed by atoms with Crippen LogP contribution in [0.2, 0.25) is 0 Å². The molecule has 2 unspecified atom stereocenters. The van der Waals surface area contributed by atoms with Crippen LogP contribution in [0.1, 0.15) is 131 Å². The zero-order valence-corrected chi connectivity index (χ0v) is 45.5. The lowest BCUT2D eigenvalue weighted by Gasteiger charge is -2.64. The number of aliphatic hydroxyl groups is 1. The summed E-state index contributed by atoms with van der Waals surface area (Å²) >= 11 is 0. The molecule has 3 aromatic carbocycles. The van der Waals surface area contributed by atoms with Gasteiger partial charge in [0.15, 0.2) is 0 Å². The van der Waals surface area contributed by atoms with Crippen LogP contribution in [0.3, 0.4) is 0 Å². The molecule has 2 aromatic heterocycles. The predicted molar refractivity (Wildman–Crippen MR) is 292 cm³/mol. The molecule has 8 aliphatic rings. The number of sulfonamides is 1. The first-order valence-electron chi connectivity index (χ1n) is 27.9. The number of nitro groups is 1. The Balaban J connectivity index is 0.748. The van der Waals surface area contributed by atoms with Crippen molar-refractivity contribution >= 4 is 44.0 Å². The molecule has 77 heavy (non-hydrogen) atoms. The number of hydrogen-bond acceptors (Lipinski definition) is 13. The van der Waals surface area contributed by atoms with Gasteiger partial charge in [-0.3, -0.25) is 24.7 Å². The van der Waals surface area contributed by atoms with Crippen molar-refractivity contribution in [1.82, 2.24) is 24.5 Å². The highest BCUT2D eigenvalue weighted by Gasteiger charge is 2.59. The Kier molecular flexibility index (Phi) is 13.3. The van der Waals surface area contributed by atoms with Gasteiger partial charge in [0.05, 0.1) is 38.2 Å². The van der Waals surface area contributed by atoms with Crippen molar-refractivity contribution in [1.29, 1.82) is 0 Å². The van der Waals surface area contributed by atoms with E-state index in [-0.39, 0.29) is 45.1 Å². The van der Waals surface area contributed by atoms with E-state index in [9.17, 15) is 32.8 Å². The van der Waals surface area contributed by atoms with E-state index in [1.807, 2.05) is 7.11 Å². The van der Waals surface area contributed by atoms with E-state index in [0.717, 1.165) is 88.5 Å². The highest BCUT2D eigenvalue weighted by atomic mass is 32.2. The number of nitrogens with one attached hydrogen (secondary N) is 3. The van der Waals surface area contributed by atoms with Gasteiger partial charge in [-0.15, -0.1) is 0 Å². The van der Waals surface area contributed by atoms with Gasteiger partial charge in [0.25, 0.3) is 21.6 Å². The first kappa shape index (κ1) is 52.1. The summed E-state index contributed by atoms with van der Waals surface area (Å²) < 4.78 is 57.3. The van der Waals surface area contributed by atoms with Crippen LogP contribution < -0.4 is 19.7 Å². The molecule has 8 fully saturated rings. The zero-order valence-electron chi connectivity index (χ0n) is 44.7. The van der Waals surface area contributed by atoms with Crippen LogP contribution in [-0.2, 0) is 14.8 Å². The highest BCUT2D eigenvalue weighted by Crippen LogP contribution is 2.63. The lowest BCUT2D eigenvalue weighted by Crippen LogP contribution is -2.68. The first-order chi connectivity index (χ1) is 36.8. The number of nitrogens with zero attached hydrogens (tertiary/aromatic N) is 5. The molecular formula is C59H73FN8O8S. The van der Waals surface area contributed by atoms with Gasteiger partial charge in [-0.25, -0.2) is 22.5 Å². The lowest BCUT2D eigenvalue weighted by atomic mass is 9.47. The van der Waals surface area contributed by atoms with Gasteiger partial charge in [-0.05, 0) is 155 Å². The molecule has 1 spiro atoms. The second-order valence-corrected chi connectivity index (χ2v) is 26.9. The van der Waals surface area contributed by atoms with Gasteiger partial charge in [0, 0.05) is 94.4 Å². The molecule has 4 N–H and O–H groups in total. The van der Waals surface area contributed by atoms with Crippen LogP contribution in [0.15, 0.2) is 84.0 Å². The average Bonchev–Trinajstić information content (AvgIpc) is 3.80. The van der Waals surface area contributed by atoms with Crippen molar-refractivity contribution in [2.75, 3.05) is 63.1 Å². The summed E-state index contributed by atoms with van der Waals surface area (Å²) in [4.78, 5) is 40.2. The van der Waals surface area contributed by atoms with Crippen LogP contribution >= 0.6 is 0 Å². The largest absolute Gasteiger partial charge is 0.455 e. The maximum Gasteiger partial charge on any atom is 0.293 e. The number of carbonyl (C=O) groups is 1. The molecule has 13 rings (SSSR count). The smallest absolute Gasteiger partial charge is 0.293 e. The number of fused-ring (bicyclic) bond motifs is 1. The number of amides is 1. The number of pyridine rings is 1. The third-order valence-corrected chi connectivity index (χ3v) is 20.5. The molecule has 18 heteroatoms. The highest BCUT2D eigenvalue weighted by molar-refractivity contribution is 7.90. The van der Waals surface area contributed by atoms with Gasteiger partial charge >= 0.3 is 0 Å². The van der Waals surface area contributed by atoms with Gasteiger partial charge in [-0.1, -0.05) is 38.1 Å². The Morgan fingerprint density at radius 1 is 1.00 bits per heavy atom. The van der Waals surface area contributed by atoms with Crippen molar-refractivity contribution in [3.05, 3.63) is 112 Å². The Morgan fingerprint density at radius 3 is 2.48 bits per heavy atom. The van der Waals surface area contributed by atoms with Crippen LogP contribution in [-0.4, -0.2) is 114 Å². The number of hydrogen-bond donors (Lipinski definition) is 4. The second kappa shape index (κ2) is 19.6. The number of piperazine rings is 1. The number of ether oxygens (including phenoxy) is 2. The summed E-state index contributed by atoms with van der Waals surface area (Å²) in [5.41, 5.74) is 3.36. The number of carbonyl (C=O) groups excluding carboxylic acids is 1. The molecule has 2 saturated heterocycles. The molecule has 4 heterocycles. The number of halogens is 1. The number of H-pyrrole nitrogens is 1.